The van der Waals surface area contributed by atoms with Crippen molar-refractivity contribution in [1.82, 2.24) is 4.90 Å². The number of rotatable bonds is 5. The number of sulfonamides is 1. The molecular weight excluding hydrogens is 422 g/mol. The first kappa shape index (κ1) is 21.9. The molecule has 1 amide bonds. The molecule has 0 bridgehead atoms. The molecule has 0 aliphatic carbocycles. The minimum absolute atomic E-state index is 0.0725. The zero-order valence-electron chi connectivity index (χ0n) is 18.3. The number of anilines is 2. The molecule has 166 valence electrons. The molecule has 1 saturated heterocycles. The van der Waals surface area contributed by atoms with Crippen molar-refractivity contribution < 1.29 is 13.2 Å². The zero-order valence-corrected chi connectivity index (χ0v) is 19.1. The molecule has 7 heteroatoms. The average molecular weight is 450 g/mol. The SMILES string of the molecule is Cc1cccc(NS(=O)(=O)c2cccc(C(=O)N3CCN(c4cccc(C)c4)CC3)c2)c1. The van der Waals surface area contributed by atoms with Gasteiger partial charge in [0.25, 0.3) is 15.9 Å². The van der Waals surface area contributed by atoms with Crippen LogP contribution in [0.25, 0.3) is 0 Å². The fourth-order valence-corrected chi connectivity index (χ4v) is 4.99. The van der Waals surface area contributed by atoms with Gasteiger partial charge >= 0.3 is 0 Å². The lowest BCUT2D eigenvalue weighted by Crippen LogP contribution is -2.48. The van der Waals surface area contributed by atoms with Crippen molar-refractivity contribution in [3.05, 3.63) is 89.5 Å². The van der Waals surface area contributed by atoms with Crippen LogP contribution in [0, 0.1) is 13.8 Å². The van der Waals surface area contributed by atoms with Crippen molar-refractivity contribution in [2.24, 2.45) is 0 Å². The Morgan fingerprint density at radius 1 is 0.812 bits per heavy atom. The van der Waals surface area contributed by atoms with Gasteiger partial charge < -0.3 is 9.80 Å². The summed E-state index contributed by atoms with van der Waals surface area (Å²) < 4.78 is 28.3. The van der Waals surface area contributed by atoms with Crippen molar-refractivity contribution in [2.75, 3.05) is 35.8 Å². The van der Waals surface area contributed by atoms with Crippen LogP contribution in [0.4, 0.5) is 11.4 Å². The van der Waals surface area contributed by atoms with Crippen LogP contribution in [0.1, 0.15) is 21.5 Å². The lowest BCUT2D eigenvalue weighted by atomic mass is 10.1. The van der Waals surface area contributed by atoms with E-state index in [0.717, 1.165) is 24.3 Å². The summed E-state index contributed by atoms with van der Waals surface area (Å²) in [5.74, 6) is -0.151. The van der Waals surface area contributed by atoms with Gasteiger partial charge in [-0.2, -0.15) is 0 Å². The highest BCUT2D eigenvalue weighted by Gasteiger charge is 2.24. The van der Waals surface area contributed by atoms with E-state index in [-0.39, 0.29) is 10.8 Å². The Balaban J connectivity index is 1.45. The third kappa shape index (κ3) is 4.94. The molecule has 1 N–H and O–H groups in total. The lowest BCUT2D eigenvalue weighted by molar-refractivity contribution is 0.0746. The fraction of sp³-hybridized carbons (Fsp3) is 0.240. The van der Waals surface area contributed by atoms with Gasteiger partial charge in [-0.1, -0.05) is 30.3 Å². The first-order chi connectivity index (χ1) is 15.3. The van der Waals surface area contributed by atoms with E-state index in [9.17, 15) is 13.2 Å². The van der Waals surface area contributed by atoms with Gasteiger partial charge in [-0.3, -0.25) is 9.52 Å². The number of hydrogen-bond donors (Lipinski definition) is 1. The van der Waals surface area contributed by atoms with Crippen LogP contribution in [0.3, 0.4) is 0 Å². The van der Waals surface area contributed by atoms with E-state index in [4.69, 9.17) is 0 Å². The maximum atomic E-state index is 13.1. The van der Waals surface area contributed by atoms with Gasteiger partial charge in [-0.05, 0) is 67.4 Å². The maximum absolute atomic E-state index is 13.1. The van der Waals surface area contributed by atoms with E-state index in [0.29, 0.717) is 24.3 Å². The van der Waals surface area contributed by atoms with Crippen LogP contribution < -0.4 is 9.62 Å². The number of carbonyl (C=O) groups excluding carboxylic acids is 1. The number of carbonyl (C=O) groups is 1. The van der Waals surface area contributed by atoms with Crippen molar-refractivity contribution >= 4 is 27.3 Å². The van der Waals surface area contributed by atoms with E-state index in [2.05, 4.69) is 34.7 Å². The molecule has 1 aliphatic rings. The Morgan fingerprint density at radius 2 is 1.47 bits per heavy atom. The number of nitrogens with one attached hydrogen (secondary N) is 1. The largest absolute Gasteiger partial charge is 0.368 e. The Kier molecular flexibility index (Phi) is 6.19. The van der Waals surface area contributed by atoms with Crippen molar-refractivity contribution in [3.8, 4) is 0 Å². The molecule has 3 aromatic rings. The van der Waals surface area contributed by atoms with Crippen LogP contribution in [0.5, 0.6) is 0 Å². The highest BCUT2D eigenvalue weighted by molar-refractivity contribution is 7.92. The molecule has 32 heavy (non-hydrogen) atoms. The van der Waals surface area contributed by atoms with Crippen LogP contribution in [0.2, 0.25) is 0 Å². The second-order valence-corrected chi connectivity index (χ2v) is 9.80. The summed E-state index contributed by atoms with van der Waals surface area (Å²) in [6.45, 7) is 6.62. The van der Waals surface area contributed by atoms with Crippen LogP contribution in [-0.4, -0.2) is 45.4 Å². The molecule has 0 aromatic heterocycles. The van der Waals surface area contributed by atoms with Gasteiger partial charge in [0, 0.05) is 43.1 Å². The first-order valence-corrected chi connectivity index (χ1v) is 12.1. The molecule has 0 atom stereocenters. The molecule has 0 unspecified atom stereocenters. The van der Waals surface area contributed by atoms with Crippen LogP contribution in [0.15, 0.2) is 77.7 Å². The average Bonchev–Trinajstić information content (AvgIpc) is 2.78. The predicted octanol–water partition coefficient (Wildman–Crippen LogP) is 4.07. The zero-order chi connectivity index (χ0) is 22.7. The van der Waals surface area contributed by atoms with E-state index < -0.39 is 10.0 Å². The summed E-state index contributed by atoms with van der Waals surface area (Å²) >= 11 is 0. The molecule has 1 aliphatic heterocycles. The smallest absolute Gasteiger partial charge is 0.261 e. The Bertz CT molecular complexity index is 1230. The topological polar surface area (TPSA) is 69.7 Å². The monoisotopic (exact) mass is 449 g/mol. The predicted molar refractivity (Wildman–Crippen MR) is 128 cm³/mol. The second kappa shape index (κ2) is 9.04. The van der Waals surface area contributed by atoms with Gasteiger partial charge in [0.1, 0.15) is 0 Å². The Hall–Kier alpha value is -3.32. The number of aryl methyl sites for hydroxylation is 2. The normalized spacial score (nSPS) is 14.3. The number of benzene rings is 3. The third-order valence-electron chi connectivity index (χ3n) is 5.60. The summed E-state index contributed by atoms with van der Waals surface area (Å²) in [6.07, 6.45) is 0. The Labute approximate surface area is 189 Å². The summed E-state index contributed by atoms with van der Waals surface area (Å²) in [7, 11) is -3.79. The lowest BCUT2D eigenvalue weighted by Gasteiger charge is -2.36. The number of nitrogens with zero attached hydrogens (tertiary/aromatic N) is 2. The van der Waals surface area contributed by atoms with E-state index in [1.165, 1.54) is 17.7 Å². The number of amides is 1. The molecule has 1 heterocycles. The minimum atomic E-state index is -3.79. The quantitative estimate of drug-likeness (QED) is 0.638. The van der Waals surface area contributed by atoms with Gasteiger partial charge in [-0.25, -0.2) is 8.42 Å². The molecule has 6 nitrogen and oxygen atoms in total. The van der Waals surface area contributed by atoms with Crippen molar-refractivity contribution in [1.29, 1.82) is 0 Å². The van der Waals surface area contributed by atoms with Gasteiger partial charge in [0.15, 0.2) is 0 Å². The van der Waals surface area contributed by atoms with Crippen LogP contribution in [-0.2, 0) is 10.0 Å². The minimum Gasteiger partial charge on any atom is -0.368 e. The molecule has 4 rings (SSSR count). The number of piperazine rings is 1. The molecule has 0 spiro atoms. The van der Waals surface area contributed by atoms with Gasteiger partial charge in [0.2, 0.25) is 0 Å². The highest BCUT2D eigenvalue weighted by Crippen LogP contribution is 2.21. The molecule has 3 aromatic carbocycles. The second-order valence-electron chi connectivity index (χ2n) is 8.12. The van der Waals surface area contributed by atoms with E-state index in [1.807, 2.05) is 19.1 Å². The van der Waals surface area contributed by atoms with E-state index >= 15 is 0 Å². The molecule has 0 radical (unpaired) electrons. The van der Waals surface area contributed by atoms with Crippen molar-refractivity contribution in [3.63, 3.8) is 0 Å². The van der Waals surface area contributed by atoms with Crippen LogP contribution >= 0.6 is 0 Å². The van der Waals surface area contributed by atoms with E-state index in [1.54, 1.807) is 35.2 Å². The third-order valence-corrected chi connectivity index (χ3v) is 6.97. The standard InChI is InChI=1S/C25H27N3O3S/c1-19-6-3-9-22(16-19)26-32(30,31)24-11-5-8-21(18-24)25(29)28-14-12-27(13-15-28)23-10-4-7-20(2)17-23/h3-11,16-18,26H,12-15H2,1-2H3. The highest BCUT2D eigenvalue weighted by atomic mass is 32.2. The molecule has 0 saturated carbocycles. The van der Waals surface area contributed by atoms with Crippen molar-refractivity contribution in [2.45, 2.75) is 18.7 Å². The summed E-state index contributed by atoms with van der Waals surface area (Å²) in [6, 6.07) is 21.7. The maximum Gasteiger partial charge on any atom is 0.261 e. The fourth-order valence-electron chi connectivity index (χ4n) is 3.89. The summed E-state index contributed by atoms with van der Waals surface area (Å²) in [4.78, 5) is 17.2. The molecular formula is C25H27N3O3S. The summed E-state index contributed by atoms with van der Waals surface area (Å²) in [5, 5.41) is 0. The first-order valence-electron chi connectivity index (χ1n) is 10.6. The van der Waals surface area contributed by atoms with Gasteiger partial charge in [0.05, 0.1) is 4.90 Å². The van der Waals surface area contributed by atoms with Gasteiger partial charge in [-0.15, -0.1) is 0 Å². The number of hydrogen-bond acceptors (Lipinski definition) is 4. The molecule has 1 fully saturated rings. The summed E-state index contributed by atoms with van der Waals surface area (Å²) in [5.41, 5.74) is 4.19. The Morgan fingerprint density at radius 3 is 2.16 bits per heavy atom.